The summed E-state index contributed by atoms with van der Waals surface area (Å²) in [5.74, 6) is 0.890. The second-order valence-corrected chi connectivity index (χ2v) is 8.28. The van der Waals surface area contributed by atoms with Crippen molar-refractivity contribution >= 4 is 16.7 Å². The van der Waals surface area contributed by atoms with E-state index in [9.17, 15) is 5.26 Å². The van der Waals surface area contributed by atoms with Crippen molar-refractivity contribution in [3.05, 3.63) is 60.3 Å². The van der Waals surface area contributed by atoms with E-state index in [0.29, 0.717) is 11.6 Å². The molecule has 0 spiro atoms. The van der Waals surface area contributed by atoms with Crippen LogP contribution in [0.25, 0.3) is 33.3 Å². The predicted molar refractivity (Wildman–Crippen MR) is 126 cm³/mol. The largest absolute Gasteiger partial charge is 0.355 e. The minimum atomic E-state index is 0.557. The number of fused-ring (bicyclic) bond motifs is 1. The molecule has 0 unspecified atom stereocenters. The van der Waals surface area contributed by atoms with E-state index >= 15 is 0 Å². The number of aromatic nitrogens is 4. The molecular weight excluding hydrogens is 398 g/mol. The normalized spacial score (nSPS) is 14.6. The van der Waals surface area contributed by atoms with Crippen molar-refractivity contribution in [3.63, 3.8) is 0 Å². The van der Waals surface area contributed by atoms with Gasteiger partial charge in [-0.05, 0) is 49.7 Å². The van der Waals surface area contributed by atoms with Gasteiger partial charge >= 0.3 is 0 Å². The lowest BCUT2D eigenvalue weighted by atomic mass is 9.98. The van der Waals surface area contributed by atoms with E-state index in [4.69, 9.17) is 0 Å². The molecule has 0 bridgehead atoms. The van der Waals surface area contributed by atoms with Gasteiger partial charge in [0.1, 0.15) is 5.69 Å². The third-order valence-electron chi connectivity index (χ3n) is 6.23. The summed E-state index contributed by atoms with van der Waals surface area (Å²) in [6.07, 6.45) is 4.18. The maximum Gasteiger partial charge on any atom is 0.151 e. The molecule has 4 aromatic rings. The topological polar surface area (TPSA) is 82.7 Å². The molecule has 1 N–H and O–H groups in total. The van der Waals surface area contributed by atoms with E-state index < -0.39 is 0 Å². The molecule has 1 fully saturated rings. The summed E-state index contributed by atoms with van der Waals surface area (Å²) >= 11 is 0. The second kappa shape index (κ2) is 8.40. The maximum atomic E-state index is 9.20. The van der Waals surface area contributed by atoms with E-state index in [0.717, 1.165) is 65.0 Å². The van der Waals surface area contributed by atoms with Gasteiger partial charge in [0.2, 0.25) is 0 Å². The van der Waals surface area contributed by atoms with Crippen LogP contribution in [0.4, 0.5) is 5.82 Å². The number of aryl methyl sites for hydroxylation is 1. The van der Waals surface area contributed by atoms with E-state index in [1.54, 1.807) is 0 Å². The van der Waals surface area contributed by atoms with Crippen molar-refractivity contribution in [1.29, 1.82) is 5.26 Å². The molecule has 0 saturated carbocycles. The number of piperidine rings is 1. The highest BCUT2D eigenvalue weighted by Gasteiger charge is 2.21. The van der Waals surface area contributed by atoms with Gasteiger partial charge in [0.25, 0.3) is 0 Å². The monoisotopic (exact) mass is 423 g/mol. The highest BCUT2D eigenvalue weighted by atomic mass is 15.3. The Morgan fingerprint density at radius 3 is 2.47 bits per heavy atom. The Labute approximate surface area is 187 Å². The number of nitrogens with zero attached hydrogens (tertiary/aromatic N) is 6. The Kier molecular flexibility index (Phi) is 5.29. The fourth-order valence-electron chi connectivity index (χ4n) is 4.38. The zero-order chi connectivity index (χ0) is 22.1. The Balaban J connectivity index is 1.59. The van der Waals surface area contributed by atoms with Gasteiger partial charge in [-0.3, -0.25) is 4.68 Å². The van der Waals surface area contributed by atoms with Crippen LogP contribution in [0.2, 0.25) is 0 Å². The number of nitrogens with one attached hydrogen (secondary N) is 1. The fourth-order valence-corrected chi connectivity index (χ4v) is 4.38. The Morgan fingerprint density at radius 2 is 1.75 bits per heavy atom. The minimum Gasteiger partial charge on any atom is -0.355 e. The number of rotatable bonds is 4. The zero-order valence-electron chi connectivity index (χ0n) is 18.3. The van der Waals surface area contributed by atoms with Gasteiger partial charge < -0.3 is 10.2 Å². The zero-order valence-corrected chi connectivity index (χ0v) is 18.3. The second-order valence-electron chi connectivity index (χ2n) is 8.28. The van der Waals surface area contributed by atoms with Crippen LogP contribution in [0, 0.1) is 11.3 Å². The highest BCUT2D eigenvalue weighted by Crippen LogP contribution is 2.34. The van der Waals surface area contributed by atoms with Gasteiger partial charge in [0, 0.05) is 48.9 Å². The molecule has 2 aromatic heterocycles. The van der Waals surface area contributed by atoms with E-state index in [1.165, 1.54) is 0 Å². The molecule has 0 atom stereocenters. The summed E-state index contributed by atoms with van der Waals surface area (Å²) in [6.45, 7) is 1.90. The minimum absolute atomic E-state index is 0.557. The molecule has 32 heavy (non-hydrogen) atoms. The van der Waals surface area contributed by atoms with Crippen LogP contribution in [0.3, 0.4) is 0 Å². The quantitative estimate of drug-likeness (QED) is 0.538. The lowest BCUT2D eigenvalue weighted by Gasteiger charge is -2.32. The van der Waals surface area contributed by atoms with Gasteiger partial charge in [0.05, 0.1) is 17.1 Å². The first-order chi connectivity index (χ1) is 15.6. The smallest absolute Gasteiger partial charge is 0.151 e. The molecular formula is C25H25N7. The van der Waals surface area contributed by atoms with Gasteiger partial charge in [0.15, 0.2) is 5.82 Å². The third kappa shape index (κ3) is 3.81. The van der Waals surface area contributed by atoms with Crippen molar-refractivity contribution in [2.45, 2.75) is 18.9 Å². The van der Waals surface area contributed by atoms with Crippen LogP contribution in [-0.4, -0.2) is 46.2 Å². The molecule has 5 rings (SSSR count). The van der Waals surface area contributed by atoms with Crippen LogP contribution < -0.4 is 10.2 Å². The van der Waals surface area contributed by atoms with E-state index in [2.05, 4.69) is 55.8 Å². The van der Waals surface area contributed by atoms with Gasteiger partial charge in [-0.15, -0.1) is 10.2 Å². The molecule has 3 heterocycles. The molecule has 7 nitrogen and oxygen atoms in total. The van der Waals surface area contributed by atoms with Crippen molar-refractivity contribution < 1.29 is 0 Å². The highest BCUT2D eigenvalue weighted by molar-refractivity contribution is 5.88. The number of hydrogen-bond donors (Lipinski definition) is 1. The summed E-state index contributed by atoms with van der Waals surface area (Å²) in [5, 5.41) is 27.5. The van der Waals surface area contributed by atoms with Gasteiger partial charge in [-0.1, -0.05) is 24.3 Å². The summed E-state index contributed by atoms with van der Waals surface area (Å²) in [4.78, 5) is 2.31. The standard InChI is InChI=1S/C25H25N7/c1-27-21-9-11-32(12-10-21)24-14-22(18-5-3-17(15-26)4-6-18)25(29-28-24)19-7-8-20-16-31(2)30-23(20)13-19/h3-8,13-14,16,21,27H,9-12H2,1-2H3. The third-order valence-corrected chi connectivity index (χ3v) is 6.23. The molecule has 0 aliphatic carbocycles. The number of hydrogen-bond acceptors (Lipinski definition) is 6. The molecule has 2 aromatic carbocycles. The number of nitriles is 1. The van der Waals surface area contributed by atoms with Crippen molar-refractivity contribution in [2.75, 3.05) is 25.0 Å². The SMILES string of the molecule is CNC1CCN(c2cc(-c3ccc(C#N)cc3)c(-c3ccc4cn(C)nc4c3)nn2)CC1. The predicted octanol–water partition coefficient (Wildman–Crippen LogP) is 3.76. The molecule has 1 saturated heterocycles. The molecule has 0 amide bonds. The summed E-state index contributed by atoms with van der Waals surface area (Å²) in [6, 6.07) is 18.7. The van der Waals surface area contributed by atoms with E-state index in [1.807, 2.05) is 49.2 Å². The Bertz CT molecular complexity index is 1290. The fraction of sp³-hybridized carbons (Fsp3) is 0.280. The molecule has 1 aliphatic rings. The molecule has 1 aliphatic heterocycles. The van der Waals surface area contributed by atoms with Crippen molar-refractivity contribution in [1.82, 2.24) is 25.3 Å². The molecule has 7 heteroatoms. The van der Waals surface area contributed by atoms with Crippen LogP contribution in [0.5, 0.6) is 0 Å². The average Bonchev–Trinajstić information content (AvgIpc) is 3.23. The van der Waals surface area contributed by atoms with Crippen molar-refractivity contribution in [3.8, 4) is 28.5 Å². The van der Waals surface area contributed by atoms with Crippen LogP contribution in [0.1, 0.15) is 18.4 Å². The lowest BCUT2D eigenvalue weighted by Crippen LogP contribution is -2.41. The van der Waals surface area contributed by atoms with Crippen LogP contribution in [0.15, 0.2) is 54.7 Å². The molecule has 160 valence electrons. The van der Waals surface area contributed by atoms with Crippen LogP contribution in [-0.2, 0) is 7.05 Å². The Hall–Kier alpha value is -3.76. The number of anilines is 1. The Morgan fingerprint density at radius 1 is 1.00 bits per heavy atom. The van der Waals surface area contributed by atoms with Gasteiger partial charge in [-0.2, -0.15) is 10.4 Å². The van der Waals surface area contributed by atoms with E-state index in [-0.39, 0.29) is 0 Å². The van der Waals surface area contributed by atoms with Gasteiger partial charge in [-0.25, -0.2) is 0 Å². The first-order valence-electron chi connectivity index (χ1n) is 10.9. The first-order valence-corrected chi connectivity index (χ1v) is 10.9. The molecule has 0 radical (unpaired) electrons. The first kappa shape index (κ1) is 20.2. The average molecular weight is 424 g/mol. The van der Waals surface area contributed by atoms with Crippen molar-refractivity contribution in [2.24, 2.45) is 7.05 Å². The lowest BCUT2D eigenvalue weighted by molar-refractivity contribution is 0.440. The summed E-state index contributed by atoms with van der Waals surface area (Å²) < 4.78 is 1.82. The maximum absolute atomic E-state index is 9.20. The van der Waals surface area contributed by atoms with Crippen LogP contribution >= 0.6 is 0 Å². The number of benzene rings is 2. The summed E-state index contributed by atoms with van der Waals surface area (Å²) in [5.41, 5.74) is 5.38. The summed E-state index contributed by atoms with van der Waals surface area (Å²) in [7, 11) is 3.95.